The van der Waals surface area contributed by atoms with Crippen molar-refractivity contribution in [3.05, 3.63) is 47.5 Å². The Morgan fingerprint density at radius 3 is 2.26 bits per heavy atom. The van der Waals surface area contributed by atoms with Gasteiger partial charge in [0.15, 0.2) is 5.78 Å². The van der Waals surface area contributed by atoms with Crippen molar-refractivity contribution < 1.29 is 50.0 Å². The van der Waals surface area contributed by atoms with E-state index >= 15 is 0 Å². The third-order valence-electron chi connectivity index (χ3n) is 5.01. The summed E-state index contributed by atoms with van der Waals surface area (Å²) in [5, 5.41) is 68.6. The molecule has 168 valence electrons. The largest absolute Gasteiger partial charge is 0.508 e. The number of carbonyl (C=O) groups excluding carboxylic acids is 1. The van der Waals surface area contributed by atoms with E-state index in [1.54, 1.807) is 12.1 Å². The number of phenolic OH excluding ortho intramolecular Hbond substituents is 3. The fourth-order valence-corrected chi connectivity index (χ4v) is 3.30. The summed E-state index contributed by atoms with van der Waals surface area (Å²) in [6.45, 7) is -0.672. The molecule has 0 amide bonds. The highest BCUT2D eigenvalue weighted by Crippen LogP contribution is 2.36. The number of hydrogen-bond acceptors (Lipinski definition) is 10. The zero-order valence-electron chi connectivity index (χ0n) is 16.3. The molecule has 0 aliphatic carbocycles. The van der Waals surface area contributed by atoms with Crippen molar-refractivity contribution in [3.63, 3.8) is 0 Å². The maximum absolute atomic E-state index is 12.8. The van der Waals surface area contributed by atoms with Gasteiger partial charge in [0, 0.05) is 18.6 Å². The molecule has 1 aliphatic rings. The molecule has 1 fully saturated rings. The predicted octanol–water partition coefficient (Wildman–Crippen LogP) is -0.202. The number of aliphatic hydroxyl groups excluding tert-OH is 4. The van der Waals surface area contributed by atoms with Crippen LogP contribution in [0.25, 0.3) is 0 Å². The SMILES string of the molecule is O=C(CCc1ccc(O)cc1)c1c(O)cc(O)cc1O[C@H]1O[C@@H](CO)[C@H](O)[C@@H](O)[C@H]1O. The zero-order valence-corrected chi connectivity index (χ0v) is 16.3. The van der Waals surface area contributed by atoms with E-state index in [0.29, 0.717) is 6.42 Å². The summed E-state index contributed by atoms with van der Waals surface area (Å²) in [6, 6.07) is 8.23. The normalized spacial score (nSPS) is 25.9. The molecule has 10 nitrogen and oxygen atoms in total. The highest BCUT2D eigenvalue weighted by atomic mass is 16.7. The Balaban J connectivity index is 1.82. The lowest BCUT2D eigenvalue weighted by Crippen LogP contribution is -2.60. The van der Waals surface area contributed by atoms with Gasteiger partial charge in [-0.2, -0.15) is 0 Å². The minimum absolute atomic E-state index is 0.0475. The topological polar surface area (TPSA) is 177 Å². The second-order valence-electron chi connectivity index (χ2n) is 7.24. The average molecular weight is 436 g/mol. The first-order valence-corrected chi connectivity index (χ1v) is 9.55. The van der Waals surface area contributed by atoms with Gasteiger partial charge in [0.1, 0.15) is 53.0 Å². The molecule has 0 bridgehead atoms. The van der Waals surface area contributed by atoms with Crippen molar-refractivity contribution in [3.8, 4) is 23.0 Å². The molecule has 7 N–H and O–H groups in total. The summed E-state index contributed by atoms with van der Waals surface area (Å²) in [4.78, 5) is 12.8. The highest BCUT2D eigenvalue weighted by Gasteiger charge is 2.45. The van der Waals surface area contributed by atoms with Gasteiger partial charge < -0.3 is 45.2 Å². The molecule has 1 saturated heterocycles. The fourth-order valence-electron chi connectivity index (χ4n) is 3.30. The number of hydrogen-bond donors (Lipinski definition) is 7. The first-order chi connectivity index (χ1) is 14.7. The number of aryl methyl sites for hydroxylation is 1. The number of ketones is 1. The van der Waals surface area contributed by atoms with Gasteiger partial charge >= 0.3 is 0 Å². The first kappa shape index (κ1) is 22.8. The van der Waals surface area contributed by atoms with Gasteiger partial charge in [-0.15, -0.1) is 0 Å². The van der Waals surface area contributed by atoms with Gasteiger partial charge in [0.2, 0.25) is 6.29 Å². The smallest absolute Gasteiger partial charge is 0.229 e. The summed E-state index contributed by atoms with van der Waals surface area (Å²) in [5.41, 5.74) is 0.495. The van der Waals surface area contributed by atoms with E-state index in [-0.39, 0.29) is 23.5 Å². The number of aliphatic hydroxyl groups is 4. The van der Waals surface area contributed by atoms with Crippen LogP contribution in [-0.4, -0.2) is 78.8 Å². The maximum atomic E-state index is 12.8. The van der Waals surface area contributed by atoms with Crippen molar-refractivity contribution in [1.29, 1.82) is 0 Å². The first-order valence-electron chi connectivity index (χ1n) is 9.55. The van der Waals surface area contributed by atoms with E-state index in [0.717, 1.165) is 17.7 Å². The Morgan fingerprint density at radius 2 is 1.61 bits per heavy atom. The van der Waals surface area contributed by atoms with Gasteiger partial charge in [0.05, 0.1) is 6.61 Å². The van der Waals surface area contributed by atoms with E-state index in [4.69, 9.17) is 9.47 Å². The lowest BCUT2D eigenvalue weighted by atomic mass is 9.99. The van der Waals surface area contributed by atoms with Crippen LogP contribution >= 0.6 is 0 Å². The average Bonchev–Trinajstić information content (AvgIpc) is 2.73. The molecule has 0 spiro atoms. The standard InChI is InChI=1S/C21H24O10/c22-9-16-18(27)19(28)20(29)21(31-16)30-15-8-12(24)7-14(26)17(15)13(25)6-3-10-1-4-11(23)5-2-10/h1-2,4-5,7-8,16,18-24,26-29H,3,6,9H2/t16-,18-,19+,20+,21-/m0/s1. The minimum Gasteiger partial charge on any atom is -0.508 e. The lowest BCUT2D eigenvalue weighted by molar-refractivity contribution is -0.277. The van der Waals surface area contributed by atoms with Gasteiger partial charge in [0.25, 0.3) is 0 Å². The summed E-state index contributed by atoms with van der Waals surface area (Å²) < 4.78 is 10.7. The van der Waals surface area contributed by atoms with Crippen molar-refractivity contribution in [2.24, 2.45) is 0 Å². The Kier molecular flexibility index (Phi) is 6.98. The highest BCUT2D eigenvalue weighted by molar-refractivity contribution is 6.01. The Hall–Kier alpha value is -2.89. The number of aromatic hydroxyl groups is 3. The van der Waals surface area contributed by atoms with Crippen LogP contribution < -0.4 is 4.74 Å². The maximum Gasteiger partial charge on any atom is 0.229 e. The summed E-state index contributed by atoms with van der Waals surface area (Å²) in [6.07, 6.45) is -7.61. The van der Waals surface area contributed by atoms with Crippen LogP contribution in [0.5, 0.6) is 23.0 Å². The quantitative estimate of drug-likeness (QED) is 0.288. The summed E-state index contributed by atoms with van der Waals surface area (Å²) in [5.74, 6) is -1.74. The van der Waals surface area contributed by atoms with Crippen LogP contribution in [0.3, 0.4) is 0 Å². The molecular formula is C21H24O10. The van der Waals surface area contributed by atoms with Crippen molar-refractivity contribution >= 4 is 5.78 Å². The van der Waals surface area contributed by atoms with E-state index in [1.807, 2.05) is 0 Å². The molecule has 5 atom stereocenters. The van der Waals surface area contributed by atoms with Crippen LogP contribution in [0.2, 0.25) is 0 Å². The molecule has 0 saturated carbocycles. The zero-order chi connectivity index (χ0) is 22.7. The third kappa shape index (κ3) is 5.06. The number of ether oxygens (including phenoxy) is 2. The number of carbonyl (C=O) groups is 1. The minimum atomic E-state index is -1.73. The number of Topliss-reactive ketones (excluding diaryl/α,β-unsaturated/α-hetero) is 1. The van der Waals surface area contributed by atoms with Crippen LogP contribution in [0.1, 0.15) is 22.3 Å². The van der Waals surface area contributed by atoms with Crippen molar-refractivity contribution in [1.82, 2.24) is 0 Å². The molecule has 0 radical (unpaired) electrons. The second-order valence-corrected chi connectivity index (χ2v) is 7.24. The van der Waals surface area contributed by atoms with Gasteiger partial charge in [-0.3, -0.25) is 4.79 Å². The lowest BCUT2D eigenvalue weighted by Gasteiger charge is -2.39. The van der Waals surface area contributed by atoms with Crippen LogP contribution in [-0.2, 0) is 11.2 Å². The number of phenols is 3. The molecule has 3 rings (SSSR count). The molecule has 1 aliphatic heterocycles. The Labute approximate surface area is 177 Å². The molecule has 2 aromatic carbocycles. The fraction of sp³-hybridized carbons (Fsp3) is 0.381. The van der Waals surface area contributed by atoms with Gasteiger partial charge in [-0.05, 0) is 24.1 Å². The number of rotatable bonds is 7. The molecule has 2 aromatic rings. The van der Waals surface area contributed by atoms with Crippen LogP contribution in [0.4, 0.5) is 0 Å². The monoisotopic (exact) mass is 436 g/mol. The van der Waals surface area contributed by atoms with Crippen molar-refractivity contribution in [2.45, 2.75) is 43.5 Å². The van der Waals surface area contributed by atoms with E-state index in [1.165, 1.54) is 12.1 Å². The van der Waals surface area contributed by atoms with E-state index in [2.05, 4.69) is 0 Å². The molecule has 31 heavy (non-hydrogen) atoms. The number of benzene rings is 2. The van der Waals surface area contributed by atoms with Crippen molar-refractivity contribution in [2.75, 3.05) is 6.61 Å². The predicted molar refractivity (Wildman–Crippen MR) is 105 cm³/mol. The Bertz CT molecular complexity index is 911. The molecule has 1 heterocycles. The second kappa shape index (κ2) is 9.50. The van der Waals surface area contributed by atoms with E-state index < -0.39 is 54.6 Å². The Morgan fingerprint density at radius 1 is 0.935 bits per heavy atom. The molecule has 0 unspecified atom stereocenters. The van der Waals surface area contributed by atoms with Gasteiger partial charge in [-0.1, -0.05) is 12.1 Å². The molecule has 10 heteroatoms. The summed E-state index contributed by atoms with van der Waals surface area (Å²) >= 11 is 0. The van der Waals surface area contributed by atoms with Crippen LogP contribution in [0.15, 0.2) is 36.4 Å². The van der Waals surface area contributed by atoms with Crippen LogP contribution in [0, 0.1) is 0 Å². The molecular weight excluding hydrogens is 412 g/mol. The molecule has 0 aromatic heterocycles. The third-order valence-corrected chi connectivity index (χ3v) is 5.01. The van der Waals surface area contributed by atoms with Gasteiger partial charge in [-0.25, -0.2) is 0 Å². The van der Waals surface area contributed by atoms with E-state index in [9.17, 15) is 40.5 Å². The summed E-state index contributed by atoms with van der Waals surface area (Å²) in [7, 11) is 0.